The van der Waals surface area contributed by atoms with E-state index < -0.39 is 0 Å². The second-order valence-corrected chi connectivity index (χ2v) is 5.44. The summed E-state index contributed by atoms with van der Waals surface area (Å²) in [6.45, 7) is 4.35. The van der Waals surface area contributed by atoms with Gasteiger partial charge in [-0.05, 0) is 36.1 Å². The molecular formula is C14H20ClNS. The number of allylic oxidation sites excluding steroid dienone is 1. The summed E-state index contributed by atoms with van der Waals surface area (Å²) >= 11 is 7.57. The number of rotatable bonds is 6. The van der Waals surface area contributed by atoms with Gasteiger partial charge in [-0.1, -0.05) is 44.0 Å². The summed E-state index contributed by atoms with van der Waals surface area (Å²) < 4.78 is 0. The van der Waals surface area contributed by atoms with E-state index in [0.29, 0.717) is 0 Å². The molecule has 0 fully saturated rings. The van der Waals surface area contributed by atoms with Crippen molar-refractivity contribution in [2.24, 2.45) is 5.73 Å². The number of nitrogens with two attached hydrogens (primary N) is 1. The smallest absolute Gasteiger partial charge is 0.0650 e. The van der Waals surface area contributed by atoms with E-state index in [-0.39, 0.29) is 0 Å². The molecule has 0 aromatic heterocycles. The Morgan fingerprint density at radius 3 is 2.41 bits per heavy atom. The molecule has 0 aliphatic carbocycles. The van der Waals surface area contributed by atoms with Crippen molar-refractivity contribution in [3.63, 3.8) is 0 Å². The highest BCUT2D eigenvalue weighted by Gasteiger charge is 2.02. The van der Waals surface area contributed by atoms with Crippen LogP contribution in [-0.4, -0.2) is 0 Å². The molecule has 0 heterocycles. The minimum atomic E-state index is 0.780. The quantitative estimate of drug-likeness (QED) is 0.790. The van der Waals surface area contributed by atoms with E-state index in [1.807, 2.05) is 24.3 Å². The second kappa shape index (κ2) is 7.67. The minimum absolute atomic E-state index is 0.780. The maximum Gasteiger partial charge on any atom is 0.0650 e. The zero-order chi connectivity index (χ0) is 12.7. The molecule has 0 unspecified atom stereocenters. The average Bonchev–Trinajstić information content (AvgIpc) is 2.35. The molecule has 0 aliphatic heterocycles. The molecule has 17 heavy (non-hydrogen) atoms. The number of halogens is 1. The van der Waals surface area contributed by atoms with Crippen molar-refractivity contribution in [2.75, 3.05) is 0 Å². The van der Waals surface area contributed by atoms with Crippen molar-refractivity contribution in [3.05, 3.63) is 45.5 Å². The van der Waals surface area contributed by atoms with Crippen LogP contribution in [0.4, 0.5) is 0 Å². The van der Waals surface area contributed by atoms with Gasteiger partial charge in [-0.2, -0.15) is 0 Å². The van der Waals surface area contributed by atoms with E-state index >= 15 is 0 Å². The van der Waals surface area contributed by atoms with E-state index in [1.54, 1.807) is 11.8 Å². The van der Waals surface area contributed by atoms with Crippen LogP contribution in [-0.2, 0) is 5.75 Å². The summed E-state index contributed by atoms with van der Waals surface area (Å²) in [5, 5.41) is 1.77. The lowest BCUT2D eigenvalue weighted by atomic mass is 10.1. The molecule has 0 amide bonds. The lowest BCUT2D eigenvalue weighted by molar-refractivity contribution is 0.851. The molecule has 0 saturated heterocycles. The molecule has 2 N–H and O–H groups in total. The molecule has 1 aromatic carbocycles. The van der Waals surface area contributed by atoms with Crippen molar-refractivity contribution in [3.8, 4) is 0 Å². The normalized spacial score (nSPS) is 12.4. The van der Waals surface area contributed by atoms with Crippen LogP contribution in [0.1, 0.15) is 38.7 Å². The molecule has 0 spiro atoms. The summed E-state index contributed by atoms with van der Waals surface area (Å²) in [5.41, 5.74) is 8.75. The average molecular weight is 270 g/mol. The van der Waals surface area contributed by atoms with Gasteiger partial charge in [0, 0.05) is 10.8 Å². The van der Waals surface area contributed by atoms with Crippen molar-refractivity contribution in [1.82, 2.24) is 0 Å². The Hall–Kier alpha value is -0.600. The molecule has 1 aromatic rings. The van der Waals surface area contributed by atoms with Crippen molar-refractivity contribution in [2.45, 2.75) is 38.9 Å². The molecule has 0 bridgehead atoms. The van der Waals surface area contributed by atoms with Crippen LogP contribution in [0.25, 0.3) is 0 Å². The van der Waals surface area contributed by atoms with Gasteiger partial charge < -0.3 is 5.73 Å². The number of thioether (sulfide) groups is 1. The van der Waals surface area contributed by atoms with Gasteiger partial charge >= 0.3 is 0 Å². The third-order valence-corrected chi connectivity index (χ3v) is 3.96. The van der Waals surface area contributed by atoms with E-state index in [4.69, 9.17) is 17.3 Å². The van der Waals surface area contributed by atoms with Gasteiger partial charge in [0.15, 0.2) is 0 Å². The van der Waals surface area contributed by atoms with Crippen molar-refractivity contribution >= 4 is 23.4 Å². The lowest BCUT2D eigenvalue weighted by Crippen LogP contribution is -1.99. The first kappa shape index (κ1) is 14.5. The first-order valence-electron chi connectivity index (χ1n) is 6.02. The first-order chi connectivity index (χ1) is 8.17. The fraction of sp³-hybridized carbons (Fsp3) is 0.429. The molecule has 0 radical (unpaired) electrons. The first-order valence-corrected chi connectivity index (χ1v) is 7.38. The topological polar surface area (TPSA) is 26.0 Å². The standard InChI is InChI=1S/C14H20ClNS/c1-3-5-12(4-2)14(16)17-10-11-6-8-13(15)9-7-11/h6-9H,3-5,10,16H2,1-2H3/b14-12+. The third-order valence-electron chi connectivity index (χ3n) is 2.63. The molecule has 0 atom stereocenters. The Labute approximate surface area is 113 Å². The van der Waals surface area contributed by atoms with Crippen molar-refractivity contribution < 1.29 is 0 Å². The molecule has 3 heteroatoms. The summed E-state index contributed by atoms with van der Waals surface area (Å²) in [6.07, 6.45) is 3.31. The Balaban J connectivity index is 2.57. The Morgan fingerprint density at radius 1 is 1.24 bits per heavy atom. The molecule has 94 valence electrons. The van der Waals surface area contributed by atoms with Crippen LogP contribution in [0.2, 0.25) is 5.02 Å². The minimum Gasteiger partial charge on any atom is -0.394 e. The SMILES string of the molecule is CCC/C(CC)=C(\N)SCc1ccc(Cl)cc1. The van der Waals surface area contributed by atoms with Gasteiger partial charge in [-0.25, -0.2) is 0 Å². The van der Waals surface area contributed by atoms with Crippen LogP contribution in [0.5, 0.6) is 0 Å². The highest BCUT2D eigenvalue weighted by Crippen LogP contribution is 2.24. The number of benzene rings is 1. The molecule has 0 aliphatic rings. The summed E-state index contributed by atoms with van der Waals surface area (Å²) in [7, 11) is 0. The molecular weight excluding hydrogens is 250 g/mol. The highest BCUT2D eigenvalue weighted by molar-refractivity contribution is 8.02. The largest absolute Gasteiger partial charge is 0.394 e. The van der Waals surface area contributed by atoms with Crippen LogP contribution >= 0.6 is 23.4 Å². The number of hydrogen-bond acceptors (Lipinski definition) is 2. The molecule has 1 rings (SSSR count). The predicted octanol–water partition coefficient (Wildman–Crippen LogP) is 4.95. The summed E-state index contributed by atoms with van der Waals surface area (Å²) in [5.74, 6) is 0.913. The van der Waals surface area contributed by atoms with Crippen LogP contribution in [0.3, 0.4) is 0 Å². The van der Waals surface area contributed by atoms with Gasteiger partial charge in [0.1, 0.15) is 0 Å². The van der Waals surface area contributed by atoms with Crippen LogP contribution in [0, 0.1) is 0 Å². The van der Waals surface area contributed by atoms with E-state index in [0.717, 1.165) is 35.1 Å². The maximum absolute atomic E-state index is 6.11. The molecule has 1 nitrogen and oxygen atoms in total. The zero-order valence-electron chi connectivity index (χ0n) is 10.5. The Morgan fingerprint density at radius 2 is 1.88 bits per heavy atom. The summed E-state index contributed by atoms with van der Waals surface area (Å²) in [6, 6.07) is 7.94. The van der Waals surface area contributed by atoms with E-state index in [2.05, 4.69) is 13.8 Å². The zero-order valence-corrected chi connectivity index (χ0v) is 12.1. The maximum atomic E-state index is 6.11. The predicted molar refractivity (Wildman–Crippen MR) is 79.2 cm³/mol. The second-order valence-electron chi connectivity index (χ2n) is 3.99. The van der Waals surface area contributed by atoms with Gasteiger partial charge in [-0.3, -0.25) is 0 Å². The van der Waals surface area contributed by atoms with E-state index in [1.165, 1.54) is 11.1 Å². The Kier molecular flexibility index (Phi) is 6.53. The van der Waals surface area contributed by atoms with Gasteiger partial charge in [0.2, 0.25) is 0 Å². The fourth-order valence-electron chi connectivity index (χ4n) is 1.62. The third kappa shape index (κ3) is 5.05. The number of hydrogen-bond donors (Lipinski definition) is 1. The fourth-order valence-corrected chi connectivity index (χ4v) is 2.71. The molecule has 0 saturated carbocycles. The highest BCUT2D eigenvalue weighted by atomic mass is 35.5. The van der Waals surface area contributed by atoms with Crippen molar-refractivity contribution in [1.29, 1.82) is 0 Å². The lowest BCUT2D eigenvalue weighted by Gasteiger charge is -2.09. The van der Waals surface area contributed by atoms with Gasteiger partial charge in [-0.15, -0.1) is 11.8 Å². The van der Waals surface area contributed by atoms with Crippen LogP contribution in [0.15, 0.2) is 34.9 Å². The van der Waals surface area contributed by atoms with Gasteiger partial charge in [0.05, 0.1) is 5.03 Å². The monoisotopic (exact) mass is 269 g/mol. The summed E-state index contributed by atoms with van der Waals surface area (Å²) in [4.78, 5) is 0. The Bertz CT molecular complexity index is 370. The van der Waals surface area contributed by atoms with Gasteiger partial charge in [0.25, 0.3) is 0 Å². The van der Waals surface area contributed by atoms with Crippen LogP contribution < -0.4 is 5.73 Å². The van der Waals surface area contributed by atoms with E-state index in [9.17, 15) is 0 Å².